The number of nitro benzene ring substituents is 1. The minimum atomic E-state index is -4.12. The van der Waals surface area contributed by atoms with Gasteiger partial charge in [0.2, 0.25) is 0 Å². The summed E-state index contributed by atoms with van der Waals surface area (Å²) in [6.45, 7) is 0. The van der Waals surface area contributed by atoms with Crippen LogP contribution in [0, 0.1) is 10.1 Å². The Kier molecular flexibility index (Phi) is 7.04. The van der Waals surface area contributed by atoms with Crippen molar-refractivity contribution in [2.45, 2.75) is 4.90 Å². The summed E-state index contributed by atoms with van der Waals surface area (Å²) in [5.74, 6) is -0.224. The summed E-state index contributed by atoms with van der Waals surface area (Å²) < 4.78 is 38.6. The molecule has 12 heteroatoms. The Morgan fingerprint density at radius 2 is 1.64 bits per heavy atom. The number of hydrogen-bond acceptors (Lipinski definition) is 7. The number of nitrogens with zero attached hydrogens (tertiary/aromatic N) is 1. The van der Waals surface area contributed by atoms with Crippen molar-refractivity contribution < 1.29 is 27.6 Å². The summed E-state index contributed by atoms with van der Waals surface area (Å²) >= 11 is 5.78. The monoisotopic (exact) mass is 491 g/mol. The van der Waals surface area contributed by atoms with Crippen molar-refractivity contribution in [1.82, 2.24) is 0 Å². The van der Waals surface area contributed by atoms with Gasteiger partial charge in [-0.15, -0.1) is 0 Å². The first-order valence-electron chi connectivity index (χ1n) is 9.25. The third-order valence-electron chi connectivity index (χ3n) is 4.45. The molecular weight excluding hydrogens is 474 g/mol. The highest BCUT2D eigenvalue weighted by Crippen LogP contribution is 2.30. The highest BCUT2D eigenvalue weighted by molar-refractivity contribution is 7.92. The van der Waals surface area contributed by atoms with E-state index in [1.54, 1.807) is 12.1 Å². The van der Waals surface area contributed by atoms with E-state index in [-0.39, 0.29) is 32.6 Å². The Labute approximate surface area is 194 Å². The molecule has 0 spiro atoms. The number of carbonyl (C=O) groups excluding carboxylic acids is 1. The van der Waals surface area contributed by atoms with Gasteiger partial charge in [-0.05, 0) is 54.6 Å². The summed E-state index contributed by atoms with van der Waals surface area (Å²) in [6, 6.07) is 13.8. The van der Waals surface area contributed by atoms with E-state index in [1.807, 2.05) is 0 Å². The molecule has 1 amide bonds. The Balaban J connectivity index is 1.92. The molecule has 2 N–H and O–H groups in total. The zero-order valence-corrected chi connectivity index (χ0v) is 18.9. The normalized spacial score (nSPS) is 10.9. The van der Waals surface area contributed by atoms with E-state index in [0.717, 1.165) is 6.07 Å². The van der Waals surface area contributed by atoms with Gasteiger partial charge in [0.1, 0.15) is 22.0 Å². The molecule has 10 nitrogen and oxygen atoms in total. The third kappa shape index (κ3) is 5.51. The van der Waals surface area contributed by atoms with Crippen molar-refractivity contribution >= 4 is 44.6 Å². The molecule has 0 saturated carbocycles. The van der Waals surface area contributed by atoms with Crippen LogP contribution in [0.1, 0.15) is 10.4 Å². The molecule has 0 unspecified atom stereocenters. The number of hydrogen-bond donors (Lipinski definition) is 2. The van der Waals surface area contributed by atoms with Gasteiger partial charge in [-0.1, -0.05) is 11.6 Å². The van der Waals surface area contributed by atoms with Crippen LogP contribution in [0.15, 0.2) is 65.6 Å². The highest BCUT2D eigenvalue weighted by atomic mass is 35.5. The van der Waals surface area contributed by atoms with Crippen molar-refractivity contribution in [1.29, 1.82) is 0 Å². The average Bonchev–Trinajstić information content (AvgIpc) is 2.79. The minimum absolute atomic E-state index is 0.0338. The molecule has 172 valence electrons. The van der Waals surface area contributed by atoms with Gasteiger partial charge in [0, 0.05) is 22.5 Å². The van der Waals surface area contributed by atoms with Crippen LogP contribution in [0.5, 0.6) is 11.5 Å². The van der Waals surface area contributed by atoms with Gasteiger partial charge in [-0.25, -0.2) is 8.42 Å². The Morgan fingerprint density at radius 3 is 2.24 bits per heavy atom. The fraction of sp³-hybridized carbons (Fsp3) is 0.0952. The Hall–Kier alpha value is -3.83. The van der Waals surface area contributed by atoms with Gasteiger partial charge in [-0.3, -0.25) is 19.6 Å². The number of carbonyl (C=O) groups is 1. The highest BCUT2D eigenvalue weighted by Gasteiger charge is 2.23. The number of ether oxygens (including phenoxy) is 2. The Bertz CT molecular complexity index is 1310. The van der Waals surface area contributed by atoms with Crippen molar-refractivity contribution in [3.8, 4) is 11.5 Å². The molecule has 0 saturated heterocycles. The van der Waals surface area contributed by atoms with Crippen LogP contribution in [0.3, 0.4) is 0 Å². The van der Waals surface area contributed by atoms with Gasteiger partial charge in [0.15, 0.2) is 0 Å². The lowest BCUT2D eigenvalue weighted by molar-refractivity contribution is -0.385. The molecule has 0 aliphatic carbocycles. The average molecular weight is 492 g/mol. The summed E-state index contributed by atoms with van der Waals surface area (Å²) in [5.41, 5.74) is -0.354. The van der Waals surface area contributed by atoms with E-state index < -0.39 is 26.5 Å². The molecule has 0 heterocycles. The van der Waals surface area contributed by atoms with Gasteiger partial charge in [-0.2, -0.15) is 0 Å². The molecule has 3 aromatic rings. The topological polar surface area (TPSA) is 137 Å². The molecule has 0 aliphatic rings. The second kappa shape index (κ2) is 9.76. The van der Waals surface area contributed by atoms with Crippen LogP contribution in [-0.2, 0) is 10.0 Å². The van der Waals surface area contributed by atoms with E-state index in [2.05, 4.69) is 10.0 Å². The minimum Gasteiger partial charge on any atom is -0.497 e. The van der Waals surface area contributed by atoms with E-state index in [0.29, 0.717) is 5.75 Å². The van der Waals surface area contributed by atoms with Crippen molar-refractivity contribution in [2.24, 2.45) is 0 Å². The van der Waals surface area contributed by atoms with Gasteiger partial charge in [0.25, 0.3) is 21.6 Å². The SMILES string of the molecule is COc1ccc(NS(=O)(=O)c2cc(NC(=O)c3ccc(Cl)cc3[N+](=O)[O-])ccc2OC)cc1. The van der Waals surface area contributed by atoms with Gasteiger partial charge >= 0.3 is 0 Å². The lowest BCUT2D eigenvalue weighted by atomic mass is 10.1. The maximum Gasteiger partial charge on any atom is 0.283 e. The number of benzene rings is 3. The van der Waals surface area contributed by atoms with Crippen LogP contribution in [0.2, 0.25) is 5.02 Å². The largest absolute Gasteiger partial charge is 0.497 e. The van der Waals surface area contributed by atoms with E-state index in [4.69, 9.17) is 21.1 Å². The first-order chi connectivity index (χ1) is 15.6. The molecule has 3 rings (SSSR count). The first-order valence-corrected chi connectivity index (χ1v) is 11.1. The number of nitrogens with one attached hydrogen (secondary N) is 2. The predicted molar refractivity (Wildman–Crippen MR) is 123 cm³/mol. The van der Waals surface area contributed by atoms with E-state index in [1.165, 1.54) is 56.7 Å². The molecule has 3 aromatic carbocycles. The molecule has 0 radical (unpaired) electrons. The third-order valence-corrected chi connectivity index (χ3v) is 6.09. The van der Waals surface area contributed by atoms with Crippen LogP contribution >= 0.6 is 11.6 Å². The zero-order valence-electron chi connectivity index (χ0n) is 17.4. The summed E-state index contributed by atoms with van der Waals surface area (Å²) in [7, 11) is -1.33. The lowest BCUT2D eigenvalue weighted by Crippen LogP contribution is -2.16. The second-order valence-electron chi connectivity index (χ2n) is 6.57. The number of methoxy groups -OCH3 is 2. The van der Waals surface area contributed by atoms with Crippen LogP contribution in [0.4, 0.5) is 17.1 Å². The van der Waals surface area contributed by atoms with Gasteiger partial charge in [0.05, 0.1) is 19.1 Å². The van der Waals surface area contributed by atoms with Crippen LogP contribution < -0.4 is 19.5 Å². The summed E-state index contributed by atoms with van der Waals surface area (Å²) in [5, 5.41) is 13.8. The maximum absolute atomic E-state index is 13.0. The summed E-state index contributed by atoms with van der Waals surface area (Å²) in [4.78, 5) is 22.9. The number of nitro groups is 1. The fourth-order valence-corrected chi connectivity index (χ4v) is 4.30. The maximum atomic E-state index is 13.0. The second-order valence-corrected chi connectivity index (χ2v) is 8.66. The van der Waals surface area contributed by atoms with Crippen LogP contribution in [-0.4, -0.2) is 33.5 Å². The zero-order chi connectivity index (χ0) is 24.2. The van der Waals surface area contributed by atoms with Gasteiger partial charge < -0.3 is 14.8 Å². The molecular formula is C21H18ClN3O7S. The predicted octanol–water partition coefficient (Wildman–Crippen LogP) is 4.32. The number of amides is 1. The van der Waals surface area contributed by atoms with E-state index >= 15 is 0 Å². The van der Waals surface area contributed by atoms with Crippen molar-refractivity contribution in [2.75, 3.05) is 24.3 Å². The smallest absolute Gasteiger partial charge is 0.283 e. The lowest BCUT2D eigenvalue weighted by Gasteiger charge is -2.14. The van der Waals surface area contributed by atoms with Crippen molar-refractivity contribution in [3.63, 3.8) is 0 Å². The fourth-order valence-electron chi connectivity index (χ4n) is 2.88. The molecule has 0 aliphatic heterocycles. The number of anilines is 2. The number of rotatable bonds is 8. The van der Waals surface area contributed by atoms with Crippen LogP contribution in [0.25, 0.3) is 0 Å². The Morgan fingerprint density at radius 1 is 0.970 bits per heavy atom. The first kappa shape index (κ1) is 23.8. The molecule has 0 bridgehead atoms. The standard InChI is InChI=1S/C21H18ClN3O7S/c1-31-16-7-4-14(5-8-16)24-33(29,30)20-12-15(6-10-19(20)32-2)23-21(26)17-9-3-13(22)11-18(17)25(27)28/h3-12,24H,1-2H3,(H,23,26). The summed E-state index contributed by atoms with van der Waals surface area (Å²) in [6.07, 6.45) is 0. The quantitative estimate of drug-likeness (QED) is 0.353. The molecule has 0 aromatic heterocycles. The number of halogens is 1. The molecule has 0 atom stereocenters. The van der Waals surface area contributed by atoms with Crippen molar-refractivity contribution in [3.05, 3.63) is 81.4 Å². The number of sulfonamides is 1. The molecule has 0 fully saturated rings. The van der Waals surface area contributed by atoms with E-state index in [9.17, 15) is 23.3 Å². The molecule has 33 heavy (non-hydrogen) atoms.